The quantitative estimate of drug-likeness (QED) is 0.803. The molecule has 2 N–H and O–H groups in total. The third kappa shape index (κ3) is 1.82. The van der Waals surface area contributed by atoms with Crippen LogP contribution in [0.5, 0.6) is 11.5 Å². The molecule has 3 aliphatic rings. The Balaban J connectivity index is 1.64. The first kappa shape index (κ1) is 11.6. The van der Waals surface area contributed by atoms with Crippen LogP contribution in [0.25, 0.3) is 0 Å². The van der Waals surface area contributed by atoms with E-state index in [2.05, 4.69) is 10.2 Å². The molecule has 0 saturated carbocycles. The van der Waals surface area contributed by atoms with Gasteiger partial charge in [0.15, 0.2) is 0 Å². The lowest BCUT2D eigenvalue weighted by Crippen LogP contribution is -2.47. The van der Waals surface area contributed by atoms with Crippen LogP contribution >= 0.6 is 0 Å². The highest BCUT2D eigenvalue weighted by Gasteiger charge is 2.41. The second-order valence-corrected chi connectivity index (χ2v) is 5.91. The molecule has 19 heavy (non-hydrogen) atoms. The second-order valence-electron chi connectivity index (χ2n) is 5.91. The van der Waals surface area contributed by atoms with Gasteiger partial charge in [-0.2, -0.15) is 0 Å². The number of rotatable bonds is 1. The van der Waals surface area contributed by atoms with Gasteiger partial charge in [-0.1, -0.05) is 0 Å². The summed E-state index contributed by atoms with van der Waals surface area (Å²) >= 11 is 0. The van der Waals surface area contributed by atoms with Crippen molar-refractivity contribution in [3.05, 3.63) is 23.8 Å². The summed E-state index contributed by atoms with van der Waals surface area (Å²) in [6.45, 7) is 4.16. The van der Waals surface area contributed by atoms with Crippen LogP contribution in [-0.4, -0.2) is 42.3 Å². The molecule has 3 unspecified atom stereocenters. The smallest absolute Gasteiger partial charge is 0.127 e. The SMILES string of the molecule is Oc1ccc2c(c1)OCC2N1CCCC2CNCC21. The molecular weight excluding hydrogens is 240 g/mol. The van der Waals surface area contributed by atoms with E-state index >= 15 is 0 Å². The monoisotopic (exact) mass is 260 g/mol. The van der Waals surface area contributed by atoms with Gasteiger partial charge < -0.3 is 15.2 Å². The van der Waals surface area contributed by atoms with Crippen molar-refractivity contribution < 1.29 is 9.84 Å². The van der Waals surface area contributed by atoms with Crippen LogP contribution in [0.3, 0.4) is 0 Å². The average Bonchev–Trinajstić information content (AvgIpc) is 3.03. The molecule has 4 heteroatoms. The standard InChI is InChI=1S/C15H20N2O2/c18-11-3-4-12-14(9-19-15(12)6-11)17-5-1-2-10-7-16-8-13(10)17/h3-4,6,10,13-14,16,18H,1-2,5,7-9H2. The fourth-order valence-electron chi connectivity index (χ4n) is 3.95. The van der Waals surface area contributed by atoms with Gasteiger partial charge >= 0.3 is 0 Å². The Morgan fingerprint density at radius 3 is 3.21 bits per heavy atom. The number of piperidine rings is 1. The molecular formula is C15H20N2O2. The summed E-state index contributed by atoms with van der Waals surface area (Å²) in [7, 11) is 0. The fourth-order valence-corrected chi connectivity index (χ4v) is 3.95. The average molecular weight is 260 g/mol. The summed E-state index contributed by atoms with van der Waals surface area (Å²) in [5, 5.41) is 13.1. The molecule has 3 heterocycles. The van der Waals surface area contributed by atoms with Gasteiger partial charge in [0.05, 0.1) is 6.04 Å². The molecule has 0 aliphatic carbocycles. The summed E-state index contributed by atoms with van der Waals surface area (Å²) in [6.07, 6.45) is 2.64. The Hall–Kier alpha value is -1.26. The number of ether oxygens (including phenoxy) is 1. The molecule has 4 nitrogen and oxygen atoms in total. The third-order valence-corrected chi connectivity index (χ3v) is 4.87. The topological polar surface area (TPSA) is 44.7 Å². The third-order valence-electron chi connectivity index (χ3n) is 4.87. The van der Waals surface area contributed by atoms with Crippen LogP contribution in [0, 0.1) is 5.92 Å². The Labute approximate surface area is 113 Å². The molecule has 3 aliphatic heterocycles. The van der Waals surface area contributed by atoms with Gasteiger partial charge in [-0.15, -0.1) is 0 Å². The number of fused-ring (bicyclic) bond motifs is 2. The van der Waals surface area contributed by atoms with Crippen LogP contribution in [0.4, 0.5) is 0 Å². The lowest BCUT2D eigenvalue weighted by atomic mass is 9.90. The van der Waals surface area contributed by atoms with Crippen molar-refractivity contribution in [2.24, 2.45) is 5.92 Å². The van der Waals surface area contributed by atoms with E-state index in [1.807, 2.05) is 6.07 Å². The normalized spacial score (nSPS) is 33.8. The molecule has 0 spiro atoms. The number of hydrogen-bond donors (Lipinski definition) is 2. The van der Waals surface area contributed by atoms with Crippen LogP contribution in [-0.2, 0) is 0 Å². The molecule has 1 aromatic carbocycles. The zero-order chi connectivity index (χ0) is 12.8. The molecule has 0 amide bonds. The van der Waals surface area contributed by atoms with Gasteiger partial charge in [0, 0.05) is 24.2 Å². The number of benzene rings is 1. The zero-order valence-corrected chi connectivity index (χ0v) is 11.0. The Bertz CT molecular complexity index is 491. The number of nitrogens with zero attached hydrogens (tertiary/aromatic N) is 1. The number of phenolic OH excluding ortho intramolecular Hbond substituents is 1. The first-order chi connectivity index (χ1) is 9.33. The van der Waals surface area contributed by atoms with E-state index in [4.69, 9.17) is 4.74 Å². The van der Waals surface area contributed by atoms with Gasteiger partial charge in [0.2, 0.25) is 0 Å². The molecule has 4 rings (SSSR count). The Morgan fingerprint density at radius 2 is 2.26 bits per heavy atom. The van der Waals surface area contributed by atoms with Crippen LogP contribution < -0.4 is 10.1 Å². The van der Waals surface area contributed by atoms with Crippen molar-refractivity contribution in [2.45, 2.75) is 24.9 Å². The zero-order valence-electron chi connectivity index (χ0n) is 11.0. The molecule has 2 fully saturated rings. The number of aromatic hydroxyl groups is 1. The summed E-state index contributed by atoms with van der Waals surface area (Å²) in [5.41, 5.74) is 1.24. The first-order valence-electron chi connectivity index (χ1n) is 7.25. The van der Waals surface area contributed by atoms with Crippen LogP contribution in [0.15, 0.2) is 18.2 Å². The molecule has 3 atom stereocenters. The van der Waals surface area contributed by atoms with Crippen molar-refractivity contribution in [1.82, 2.24) is 10.2 Å². The van der Waals surface area contributed by atoms with E-state index in [-0.39, 0.29) is 0 Å². The minimum Gasteiger partial charge on any atom is -0.508 e. The minimum atomic E-state index is 0.290. The molecule has 0 radical (unpaired) electrons. The number of phenols is 1. The van der Waals surface area contributed by atoms with Crippen LogP contribution in [0.2, 0.25) is 0 Å². The Kier molecular flexibility index (Phi) is 2.67. The largest absolute Gasteiger partial charge is 0.508 e. The van der Waals surface area contributed by atoms with Gasteiger partial charge in [-0.3, -0.25) is 4.90 Å². The van der Waals surface area contributed by atoms with Gasteiger partial charge in [-0.25, -0.2) is 0 Å². The first-order valence-corrected chi connectivity index (χ1v) is 7.25. The molecule has 1 aromatic rings. The molecule has 2 saturated heterocycles. The minimum absolute atomic E-state index is 0.290. The summed E-state index contributed by atoms with van der Waals surface area (Å²) in [5.74, 6) is 1.95. The van der Waals surface area contributed by atoms with E-state index in [0.717, 1.165) is 37.9 Å². The number of nitrogens with one attached hydrogen (secondary N) is 1. The summed E-state index contributed by atoms with van der Waals surface area (Å²) in [4.78, 5) is 2.62. The van der Waals surface area contributed by atoms with E-state index < -0.39 is 0 Å². The molecule has 0 bridgehead atoms. The predicted octanol–water partition coefficient (Wildman–Crippen LogP) is 1.51. The van der Waals surface area contributed by atoms with Crippen molar-refractivity contribution in [1.29, 1.82) is 0 Å². The van der Waals surface area contributed by atoms with Gasteiger partial charge in [0.1, 0.15) is 18.1 Å². The molecule has 0 aromatic heterocycles. The van der Waals surface area contributed by atoms with Crippen molar-refractivity contribution >= 4 is 0 Å². The molecule has 102 valence electrons. The maximum atomic E-state index is 9.54. The van der Waals surface area contributed by atoms with E-state index in [1.54, 1.807) is 12.1 Å². The highest BCUT2D eigenvalue weighted by atomic mass is 16.5. The van der Waals surface area contributed by atoms with Crippen molar-refractivity contribution in [3.8, 4) is 11.5 Å². The van der Waals surface area contributed by atoms with E-state index in [1.165, 1.54) is 18.4 Å². The maximum absolute atomic E-state index is 9.54. The number of hydrogen-bond acceptors (Lipinski definition) is 4. The maximum Gasteiger partial charge on any atom is 0.127 e. The Morgan fingerprint density at radius 1 is 1.32 bits per heavy atom. The second kappa shape index (κ2) is 4.39. The van der Waals surface area contributed by atoms with Gasteiger partial charge in [0.25, 0.3) is 0 Å². The lowest BCUT2D eigenvalue weighted by Gasteiger charge is -2.40. The van der Waals surface area contributed by atoms with E-state index in [9.17, 15) is 5.11 Å². The highest BCUT2D eigenvalue weighted by molar-refractivity contribution is 5.44. The van der Waals surface area contributed by atoms with E-state index in [0.29, 0.717) is 17.8 Å². The predicted molar refractivity (Wildman–Crippen MR) is 72.4 cm³/mol. The van der Waals surface area contributed by atoms with Crippen molar-refractivity contribution in [3.63, 3.8) is 0 Å². The van der Waals surface area contributed by atoms with Crippen LogP contribution in [0.1, 0.15) is 24.4 Å². The lowest BCUT2D eigenvalue weighted by molar-refractivity contribution is 0.0650. The fraction of sp³-hybridized carbons (Fsp3) is 0.600. The summed E-state index contributed by atoms with van der Waals surface area (Å²) in [6, 6.07) is 6.55. The van der Waals surface area contributed by atoms with Gasteiger partial charge in [-0.05, 0) is 44.0 Å². The highest BCUT2D eigenvalue weighted by Crippen LogP contribution is 2.41. The summed E-state index contributed by atoms with van der Waals surface area (Å²) < 4.78 is 5.77. The van der Waals surface area contributed by atoms with Crippen molar-refractivity contribution in [2.75, 3.05) is 26.2 Å². The number of likely N-dealkylation sites (tertiary alicyclic amines) is 1.